The van der Waals surface area contributed by atoms with Crippen LogP contribution in [-0.2, 0) is 22.7 Å². The van der Waals surface area contributed by atoms with Crippen LogP contribution in [0.3, 0.4) is 0 Å². The number of hydrogen-bond acceptors (Lipinski definition) is 4. The van der Waals surface area contributed by atoms with Crippen molar-refractivity contribution in [1.29, 1.82) is 0 Å². The Morgan fingerprint density at radius 3 is 2.67 bits per heavy atom. The third kappa shape index (κ3) is 2.92. The molecule has 0 saturated carbocycles. The molecule has 2 heterocycles. The Balaban J connectivity index is 1.68. The molecule has 0 unspecified atom stereocenters. The number of amides is 1. The number of carbonyl (C=O) groups excluding carboxylic acids is 1. The molecule has 0 spiro atoms. The van der Waals surface area contributed by atoms with Gasteiger partial charge >= 0.3 is 12.1 Å². The van der Waals surface area contributed by atoms with E-state index in [1.165, 1.54) is 4.90 Å². The molecule has 1 aromatic heterocycles. The molecule has 126 valence electrons. The normalized spacial score (nSPS) is 15.9. The zero-order chi connectivity index (χ0) is 17.3. The standard InChI is InChI=1S/C17H18N2O5/c1-10-7-13-14(18-10)8-19(15(13)16(20)21)17(22)24-9-11-3-5-12(23-2)6-4-11/h3-7,15,18H,8-9H2,1-2H3,(H,20,21)/t15-/m0/s1. The van der Waals surface area contributed by atoms with Crippen LogP contribution in [0.4, 0.5) is 4.79 Å². The number of H-pyrrole nitrogens is 1. The summed E-state index contributed by atoms with van der Waals surface area (Å²) in [5, 5.41) is 9.45. The third-order valence-electron chi connectivity index (χ3n) is 3.99. The maximum absolute atomic E-state index is 12.3. The predicted octanol–water partition coefficient (Wildman–Crippen LogP) is 2.61. The lowest BCUT2D eigenvalue weighted by molar-refractivity contribution is -0.142. The van der Waals surface area contributed by atoms with E-state index in [0.29, 0.717) is 11.3 Å². The largest absolute Gasteiger partial charge is 0.497 e. The fourth-order valence-electron chi connectivity index (χ4n) is 2.86. The minimum absolute atomic E-state index is 0.0681. The Bertz CT molecular complexity index is 766. The summed E-state index contributed by atoms with van der Waals surface area (Å²) in [6.45, 7) is 2.11. The van der Waals surface area contributed by atoms with Crippen molar-refractivity contribution in [2.24, 2.45) is 0 Å². The van der Waals surface area contributed by atoms with Crippen molar-refractivity contribution in [3.8, 4) is 5.75 Å². The molecule has 0 saturated heterocycles. The molecule has 0 aliphatic carbocycles. The molecule has 0 bridgehead atoms. The van der Waals surface area contributed by atoms with Gasteiger partial charge in [-0.15, -0.1) is 0 Å². The van der Waals surface area contributed by atoms with Crippen molar-refractivity contribution >= 4 is 12.1 Å². The van der Waals surface area contributed by atoms with Gasteiger partial charge in [-0.2, -0.15) is 0 Å². The van der Waals surface area contributed by atoms with Crippen molar-refractivity contribution in [3.63, 3.8) is 0 Å². The average Bonchev–Trinajstić information content (AvgIpc) is 3.08. The number of nitrogens with zero attached hydrogens (tertiary/aromatic N) is 1. The van der Waals surface area contributed by atoms with Crippen LogP contribution in [0.1, 0.15) is 28.6 Å². The van der Waals surface area contributed by atoms with E-state index in [1.807, 2.05) is 6.92 Å². The first-order valence-corrected chi connectivity index (χ1v) is 7.47. The number of aliphatic carboxylic acids is 1. The van der Waals surface area contributed by atoms with E-state index in [2.05, 4.69) is 4.98 Å². The SMILES string of the molecule is COc1ccc(COC(=O)N2Cc3[nH]c(C)cc3[C@H]2C(=O)O)cc1. The van der Waals surface area contributed by atoms with Crippen LogP contribution < -0.4 is 4.74 Å². The highest BCUT2D eigenvalue weighted by molar-refractivity contribution is 5.83. The van der Waals surface area contributed by atoms with Gasteiger partial charge in [0.1, 0.15) is 12.4 Å². The molecule has 7 heteroatoms. The summed E-state index contributed by atoms with van der Waals surface area (Å²) in [7, 11) is 1.57. The number of benzene rings is 1. The molecule has 2 aromatic rings. The van der Waals surface area contributed by atoms with Gasteiger partial charge in [-0.3, -0.25) is 4.90 Å². The average molecular weight is 330 g/mol. The van der Waals surface area contributed by atoms with E-state index in [4.69, 9.17) is 9.47 Å². The van der Waals surface area contributed by atoms with E-state index < -0.39 is 18.1 Å². The van der Waals surface area contributed by atoms with Gasteiger partial charge in [-0.1, -0.05) is 12.1 Å². The maximum atomic E-state index is 12.3. The molecular formula is C17H18N2O5. The molecular weight excluding hydrogens is 312 g/mol. The van der Waals surface area contributed by atoms with Crippen molar-refractivity contribution < 1.29 is 24.2 Å². The van der Waals surface area contributed by atoms with Crippen LogP contribution in [-0.4, -0.2) is 34.2 Å². The highest BCUT2D eigenvalue weighted by Gasteiger charge is 2.40. The Hall–Kier alpha value is -2.96. The number of carboxylic acids is 1. The van der Waals surface area contributed by atoms with Gasteiger partial charge in [-0.05, 0) is 30.7 Å². The van der Waals surface area contributed by atoms with E-state index in [0.717, 1.165) is 17.0 Å². The minimum Gasteiger partial charge on any atom is -0.497 e. The Morgan fingerprint density at radius 2 is 2.04 bits per heavy atom. The van der Waals surface area contributed by atoms with Crippen LogP contribution in [0, 0.1) is 6.92 Å². The number of methoxy groups -OCH3 is 1. The molecule has 0 fully saturated rings. The van der Waals surface area contributed by atoms with Crippen molar-refractivity contribution in [1.82, 2.24) is 9.88 Å². The summed E-state index contributed by atoms with van der Waals surface area (Å²) in [6.07, 6.45) is -0.652. The molecule has 7 nitrogen and oxygen atoms in total. The lowest BCUT2D eigenvalue weighted by Gasteiger charge is -2.21. The van der Waals surface area contributed by atoms with E-state index in [9.17, 15) is 14.7 Å². The summed E-state index contributed by atoms with van der Waals surface area (Å²) >= 11 is 0. The number of rotatable bonds is 4. The molecule has 1 amide bonds. The molecule has 24 heavy (non-hydrogen) atoms. The predicted molar refractivity (Wildman–Crippen MR) is 84.6 cm³/mol. The minimum atomic E-state index is -1.07. The lowest BCUT2D eigenvalue weighted by Crippen LogP contribution is -2.34. The highest BCUT2D eigenvalue weighted by atomic mass is 16.6. The Kier molecular flexibility index (Phi) is 4.16. The molecule has 3 rings (SSSR count). The number of ether oxygens (including phenoxy) is 2. The Labute approximate surface area is 138 Å². The zero-order valence-electron chi connectivity index (χ0n) is 13.4. The number of nitrogens with one attached hydrogen (secondary N) is 1. The summed E-state index contributed by atoms with van der Waals surface area (Å²) in [5.41, 5.74) is 3.02. The molecule has 1 atom stereocenters. The van der Waals surface area contributed by atoms with E-state index in [1.54, 1.807) is 37.4 Å². The van der Waals surface area contributed by atoms with Crippen molar-refractivity contribution in [2.75, 3.05) is 7.11 Å². The van der Waals surface area contributed by atoms with Gasteiger partial charge in [0, 0.05) is 17.0 Å². The number of hydrogen-bond donors (Lipinski definition) is 2. The number of aromatic amines is 1. The number of aromatic nitrogens is 1. The smallest absolute Gasteiger partial charge is 0.411 e. The van der Waals surface area contributed by atoms with Crippen LogP contribution in [0.2, 0.25) is 0 Å². The molecule has 1 aliphatic rings. The van der Waals surface area contributed by atoms with Gasteiger partial charge < -0.3 is 19.6 Å². The molecule has 1 aliphatic heterocycles. The summed E-state index contributed by atoms with van der Waals surface area (Å²) in [6, 6.07) is 7.85. The number of aryl methyl sites for hydroxylation is 1. The van der Waals surface area contributed by atoms with Crippen molar-refractivity contribution in [3.05, 3.63) is 52.8 Å². The second-order valence-electron chi connectivity index (χ2n) is 5.66. The first-order chi connectivity index (χ1) is 11.5. The van der Waals surface area contributed by atoms with Crippen LogP contribution in [0.5, 0.6) is 5.75 Å². The van der Waals surface area contributed by atoms with E-state index >= 15 is 0 Å². The highest BCUT2D eigenvalue weighted by Crippen LogP contribution is 2.34. The monoisotopic (exact) mass is 330 g/mol. The maximum Gasteiger partial charge on any atom is 0.411 e. The van der Waals surface area contributed by atoms with Gasteiger partial charge in [0.2, 0.25) is 0 Å². The first kappa shape index (κ1) is 15.9. The third-order valence-corrected chi connectivity index (χ3v) is 3.99. The van der Waals surface area contributed by atoms with Crippen LogP contribution >= 0.6 is 0 Å². The quantitative estimate of drug-likeness (QED) is 0.899. The molecule has 1 aromatic carbocycles. The first-order valence-electron chi connectivity index (χ1n) is 7.47. The summed E-state index contributed by atoms with van der Waals surface area (Å²) in [4.78, 5) is 28.2. The second kappa shape index (κ2) is 6.27. The van der Waals surface area contributed by atoms with Gasteiger partial charge in [0.15, 0.2) is 6.04 Å². The van der Waals surface area contributed by atoms with Crippen LogP contribution in [0.15, 0.2) is 30.3 Å². The number of fused-ring (bicyclic) bond motifs is 1. The van der Waals surface area contributed by atoms with Gasteiger partial charge in [0.25, 0.3) is 0 Å². The van der Waals surface area contributed by atoms with E-state index in [-0.39, 0.29) is 13.2 Å². The Morgan fingerprint density at radius 1 is 1.33 bits per heavy atom. The summed E-state index contributed by atoms with van der Waals surface area (Å²) < 4.78 is 10.3. The number of carbonyl (C=O) groups is 2. The number of carboxylic acid groups (broad SMARTS) is 1. The second-order valence-corrected chi connectivity index (χ2v) is 5.66. The van der Waals surface area contributed by atoms with Gasteiger partial charge in [-0.25, -0.2) is 9.59 Å². The fourth-order valence-corrected chi connectivity index (χ4v) is 2.86. The zero-order valence-corrected chi connectivity index (χ0v) is 13.4. The lowest BCUT2D eigenvalue weighted by atomic mass is 10.1. The fraction of sp³-hybridized carbons (Fsp3) is 0.294. The van der Waals surface area contributed by atoms with Gasteiger partial charge in [0.05, 0.1) is 13.7 Å². The van der Waals surface area contributed by atoms with Crippen molar-refractivity contribution in [2.45, 2.75) is 26.1 Å². The molecule has 2 N–H and O–H groups in total. The topological polar surface area (TPSA) is 91.9 Å². The summed E-state index contributed by atoms with van der Waals surface area (Å²) in [5.74, 6) is -0.362. The van der Waals surface area contributed by atoms with Crippen LogP contribution in [0.25, 0.3) is 0 Å². The molecule has 0 radical (unpaired) electrons.